The average Bonchev–Trinajstić information content (AvgIpc) is 2.96. The van der Waals surface area contributed by atoms with E-state index < -0.39 is 23.6 Å². The number of carbonyl (C=O) groups is 3. The Hall–Kier alpha value is -4.33. The first kappa shape index (κ1) is 24.8. The number of ether oxygens (including phenoxy) is 1. The molecule has 0 radical (unpaired) electrons. The summed E-state index contributed by atoms with van der Waals surface area (Å²) in [4.78, 5) is 40.5. The van der Waals surface area contributed by atoms with Gasteiger partial charge in [-0.1, -0.05) is 36.4 Å². The van der Waals surface area contributed by atoms with Crippen molar-refractivity contribution in [2.24, 2.45) is 0 Å². The molecule has 0 spiro atoms. The van der Waals surface area contributed by atoms with Crippen molar-refractivity contribution in [1.82, 2.24) is 5.32 Å². The Labute approximate surface area is 210 Å². The summed E-state index contributed by atoms with van der Waals surface area (Å²) in [5, 5.41) is 8.42. The molecule has 8 heteroatoms. The molecule has 3 N–H and O–H groups in total. The van der Waals surface area contributed by atoms with Gasteiger partial charge in [-0.15, -0.1) is 0 Å². The van der Waals surface area contributed by atoms with Crippen LogP contribution in [-0.4, -0.2) is 36.1 Å². The van der Waals surface area contributed by atoms with Gasteiger partial charge < -0.3 is 25.6 Å². The molecule has 3 aromatic carbocycles. The van der Waals surface area contributed by atoms with Gasteiger partial charge in [0.15, 0.2) is 0 Å². The number of rotatable bonds is 4. The summed E-state index contributed by atoms with van der Waals surface area (Å²) in [7, 11) is 0. The highest BCUT2D eigenvalue weighted by Gasteiger charge is 2.30. The lowest BCUT2D eigenvalue weighted by Gasteiger charge is -2.27. The first-order chi connectivity index (χ1) is 17.1. The van der Waals surface area contributed by atoms with Crippen molar-refractivity contribution in [3.8, 4) is 0 Å². The highest BCUT2D eigenvalue weighted by molar-refractivity contribution is 6.03. The molecule has 0 saturated heterocycles. The first-order valence-corrected chi connectivity index (χ1v) is 11.7. The Morgan fingerprint density at radius 3 is 2.42 bits per heavy atom. The molecule has 1 aliphatic heterocycles. The van der Waals surface area contributed by atoms with Gasteiger partial charge in [0.25, 0.3) is 0 Å². The number of carbonyl (C=O) groups excluding carboxylic acids is 3. The van der Waals surface area contributed by atoms with E-state index >= 15 is 0 Å². The van der Waals surface area contributed by atoms with Crippen LogP contribution in [0.15, 0.2) is 72.8 Å². The number of nitrogens with one attached hydrogen (secondary N) is 3. The Bertz CT molecular complexity index is 1280. The molecule has 36 heavy (non-hydrogen) atoms. The Balaban J connectivity index is 1.52. The van der Waals surface area contributed by atoms with Crippen LogP contribution in [0.25, 0.3) is 0 Å². The van der Waals surface area contributed by atoms with Crippen molar-refractivity contribution in [3.63, 3.8) is 0 Å². The molecule has 3 aromatic rings. The van der Waals surface area contributed by atoms with Crippen LogP contribution in [0.3, 0.4) is 0 Å². The minimum atomic E-state index is -0.839. The molecule has 3 amide bonds. The van der Waals surface area contributed by atoms with Gasteiger partial charge >= 0.3 is 12.0 Å². The Morgan fingerprint density at radius 1 is 1.00 bits per heavy atom. The van der Waals surface area contributed by atoms with Gasteiger partial charge in [0, 0.05) is 11.4 Å². The Morgan fingerprint density at radius 2 is 1.69 bits per heavy atom. The second-order valence-electron chi connectivity index (χ2n) is 9.64. The normalized spacial score (nSPS) is 15.3. The molecule has 1 heterocycles. The summed E-state index contributed by atoms with van der Waals surface area (Å²) in [6, 6.07) is 20.8. The standard InChI is InChI=1S/C28H30N4O4/c1-18-14-15-19(16-21(18)26(34)36-28(2,3)4)29-27(35)31-23-17-32(20-10-6-5-7-11-20)24-13-9-8-12-22(24)30-25(23)33/h5-16,23H,17H2,1-4H3,(H,30,33)(H2,29,31,35)/t23-/m1/s1. The third kappa shape index (κ3) is 5.83. The van der Waals surface area contributed by atoms with Crippen LogP contribution in [0, 0.1) is 6.92 Å². The van der Waals surface area contributed by atoms with Crippen molar-refractivity contribution >= 4 is 40.7 Å². The van der Waals surface area contributed by atoms with Gasteiger partial charge in [-0.25, -0.2) is 9.59 Å². The van der Waals surface area contributed by atoms with Gasteiger partial charge in [0.1, 0.15) is 11.6 Å². The SMILES string of the molecule is Cc1ccc(NC(=O)N[C@@H]2CN(c3ccccc3)c3ccccc3NC2=O)cc1C(=O)OC(C)(C)C. The molecule has 0 aliphatic carbocycles. The van der Waals surface area contributed by atoms with Crippen molar-refractivity contribution in [3.05, 3.63) is 83.9 Å². The third-order valence-electron chi connectivity index (χ3n) is 5.62. The highest BCUT2D eigenvalue weighted by Crippen LogP contribution is 2.34. The van der Waals surface area contributed by atoms with Crippen molar-refractivity contribution < 1.29 is 19.1 Å². The van der Waals surface area contributed by atoms with Crippen LogP contribution in [0.1, 0.15) is 36.7 Å². The summed E-state index contributed by atoms with van der Waals surface area (Å²) in [5.74, 6) is -0.794. The smallest absolute Gasteiger partial charge is 0.338 e. The van der Waals surface area contributed by atoms with E-state index in [1.165, 1.54) is 0 Å². The Kier molecular flexibility index (Phi) is 6.96. The third-order valence-corrected chi connectivity index (χ3v) is 5.62. The number of hydrogen-bond acceptors (Lipinski definition) is 5. The first-order valence-electron chi connectivity index (χ1n) is 11.7. The van der Waals surface area contributed by atoms with Crippen LogP contribution in [-0.2, 0) is 9.53 Å². The highest BCUT2D eigenvalue weighted by atomic mass is 16.6. The number of hydrogen-bond donors (Lipinski definition) is 3. The monoisotopic (exact) mass is 486 g/mol. The molecule has 0 saturated carbocycles. The molecule has 0 aromatic heterocycles. The molecule has 0 unspecified atom stereocenters. The summed E-state index contributed by atoms with van der Waals surface area (Å²) < 4.78 is 5.47. The van der Waals surface area contributed by atoms with E-state index in [-0.39, 0.29) is 12.5 Å². The second-order valence-corrected chi connectivity index (χ2v) is 9.64. The molecule has 8 nitrogen and oxygen atoms in total. The number of nitrogens with zero attached hydrogens (tertiary/aromatic N) is 1. The molecule has 0 fully saturated rings. The number of urea groups is 1. The van der Waals surface area contributed by atoms with Crippen LogP contribution >= 0.6 is 0 Å². The maximum absolute atomic E-state index is 13.0. The number of aryl methyl sites for hydroxylation is 1. The lowest BCUT2D eigenvalue weighted by atomic mass is 10.1. The van der Waals surface area contributed by atoms with E-state index in [1.54, 1.807) is 45.9 Å². The van der Waals surface area contributed by atoms with Gasteiger partial charge in [0.2, 0.25) is 5.91 Å². The zero-order valence-electron chi connectivity index (χ0n) is 20.8. The molecular formula is C28H30N4O4. The fraction of sp³-hybridized carbons (Fsp3) is 0.250. The largest absolute Gasteiger partial charge is 0.456 e. The van der Waals surface area contributed by atoms with E-state index in [1.807, 2.05) is 59.5 Å². The number of anilines is 4. The second kappa shape index (κ2) is 10.1. The summed E-state index contributed by atoms with van der Waals surface area (Å²) in [6.45, 7) is 7.42. The quantitative estimate of drug-likeness (QED) is 0.439. The van der Waals surface area contributed by atoms with Gasteiger partial charge in [-0.05, 0) is 69.7 Å². The van der Waals surface area contributed by atoms with Crippen LogP contribution in [0.4, 0.5) is 27.5 Å². The van der Waals surface area contributed by atoms with E-state index in [2.05, 4.69) is 16.0 Å². The summed E-state index contributed by atoms with van der Waals surface area (Å²) >= 11 is 0. The van der Waals surface area contributed by atoms with E-state index in [0.717, 1.165) is 16.9 Å². The minimum absolute atomic E-state index is 0.233. The molecule has 4 rings (SSSR count). The zero-order chi connectivity index (χ0) is 25.9. The number of benzene rings is 3. The van der Waals surface area contributed by atoms with E-state index in [4.69, 9.17) is 4.74 Å². The predicted molar refractivity (Wildman–Crippen MR) is 141 cm³/mol. The van der Waals surface area contributed by atoms with Gasteiger partial charge in [-0.3, -0.25) is 4.79 Å². The van der Waals surface area contributed by atoms with Crippen molar-refractivity contribution in [1.29, 1.82) is 0 Å². The maximum Gasteiger partial charge on any atom is 0.338 e. The van der Waals surface area contributed by atoms with Crippen LogP contribution in [0.2, 0.25) is 0 Å². The van der Waals surface area contributed by atoms with E-state index in [9.17, 15) is 14.4 Å². The topological polar surface area (TPSA) is 99.8 Å². The molecule has 0 bridgehead atoms. The van der Waals surface area contributed by atoms with Gasteiger partial charge in [-0.2, -0.15) is 0 Å². The van der Waals surface area contributed by atoms with Crippen molar-refractivity contribution in [2.75, 3.05) is 22.1 Å². The lowest BCUT2D eigenvalue weighted by Crippen LogP contribution is -2.49. The summed E-state index contributed by atoms with van der Waals surface area (Å²) in [5.41, 5.74) is 3.26. The fourth-order valence-corrected chi connectivity index (χ4v) is 3.94. The summed E-state index contributed by atoms with van der Waals surface area (Å²) in [6.07, 6.45) is 0. The predicted octanol–water partition coefficient (Wildman–Crippen LogP) is 5.23. The average molecular weight is 487 g/mol. The maximum atomic E-state index is 13.0. The van der Waals surface area contributed by atoms with Gasteiger partial charge in [0.05, 0.1) is 23.5 Å². The molecule has 1 aliphatic rings. The fourth-order valence-electron chi connectivity index (χ4n) is 3.94. The lowest BCUT2D eigenvalue weighted by molar-refractivity contribution is -0.117. The van der Waals surface area contributed by atoms with Crippen LogP contribution in [0.5, 0.6) is 0 Å². The number of esters is 1. The molecule has 186 valence electrons. The van der Waals surface area contributed by atoms with Crippen molar-refractivity contribution in [2.45, 2.75) is 39.3 Å². The number of fused-ring (bicyclic) bond motifs is 1. The number of para-hydroxylation sites is 3. The number of amides is 3. The van der Waals surface area contributed by atoms with E-state index in [0.29, 0.717) is 16.9 Å². The molecular weight excluding hydrogens is 456 g/mol. The zero-order valence-corrected chi connectivity index (χ0v) is 20.8. The molecule has 1 atom stereocenters. The van der Waals surface area contributed by atoms with Crippen LogP contribution < -0.4 is 20.9 Å². The minimum Gasteiger partial charge on any atom is -0.456 e.